The zero-order valence-electron chi connectivity index (χ0n) is 9.77. The molecule has 0 heterocycles. The molecule has 1 amide bonds. The second-order valence-electron chi connectivity index (χ2n) is 3.48. The average molecular weight is 237 g/mol. The summed E-state index contributed by atoms with van der Waals surface area (Å²) in [6.45, 7) is 3.62. The zero-order chi connectivity index (χ0) is 12.8. The van der Waals surface area contributed by atoms with E-state index in [1.165, 1.54) is 6.92 Å². The molecule has 0 saturated heterocycles. The highest BCUT2D eigenvalue weighted by atomic mass is 16.5. The van der Waals surface area contributed by atoms with E-state index >= 15 is 0 Å². The van der Waals surface area contributed by atoms with Crippen LogP contribution in [0.1, 0.15) is 25.5 Å². The molecule has 1 atom stereocenters. The fourth-order valence-corrected chi connectivity index (χ4v) is 1.44. The third-order valence-corrected chi connectivity index (χ3v) is 2.10. The first-order chi connectivity index (χ1) is 8.04. The minimum atomic E-state index is -1.10. The van der Waals surface area contributed by atoms with Crippen molar-refractivity contribution in [3.8, 4) is 5.75 Å². The maximum Gasteiger partial charge on any atom is 0.330 e. The van der Waals surface area contributed by atoms with E-state index in [0.29, 0.717) is 17.9 Å². The second kappa shape index (κ2) is 5.89. The molecule has 5 heteroatoms. The average Bonchev–Trinajstić information content (AvgIpc) is 2.26. The van der Waals surface area contributed by atoms with E-state index < -0.39 is 12.0 Å². The van der Waals surface area contributed by atoms with Crippen LogP contribution in [0.25, 0.3) is 0 Å². The Balaban J connectivity index is 2.97. The van der Waals surface area contributed by atoms with Crippen LogP contribution in [0.4, 0.5) is 0 Å². The minimum absolute atomic E-state index is 0.390. The number of benzene rings is 1. The number of carbonyl (C=O) groups excluding carboxylic acids is 1. The Bertz CT molecular complexity index is 417. The van der Waals surface area contributed by atoms with Crippen molar-refractivity contribution in [1.82, 2.24) is 5.32 Å². The van der Waals surface area contributed by atoms with E-state index in [4.69, 9.17) is 9.84 Å². The number of hydrogen-bond donors (Lipinski definition) is 2. The van der Waals surface area contributed by atoms with Crippen LogP contribution in [-0.4, -0.2) is 23.6 Å². The van der Waals surface area contributed by atoms with Gasteiger partial charge in [0.05, 0.1) is 6.61 Å². The molecule has 17 heavy (non-hydrogen) atoms. The summed E-state index contributed by atoms with van der Waals surface area (Å²) < 4.78 is 5.28. The molecule has 0 aliphatic heterocycles. The van der Waals surface area contributed by atoms with Crippen LogP contribution < -0.4 is 10.1 Å². The highest BCUT2D eigenvalue weighted by Crippen LogP contribution is 2.19. The van der Waals surface area contributed by atoms with Crippen molar-refractivity contribution in [3.05, 3.63) is 29.8 Å². The molecule has 0 aromatic heterocycles. The lowest BCUT2D eigenvalue weighted by atomic mass is 10.1. The summed E-state index contributed by atoms with van der Waals surface area (Å²) in [7, 11) is 0. The van der Waals surface area contributed by atoms with Crippen molar-refractivity contribution in [3.63, 3.8) is 0 Å². The van der Waals surface area contributed by atoms with Crippen LogP contribution in [0.2, 0.25) is 0 Å². The molecule has 1 aromatic rings. The van der Waals surface area contributed by atoms with Crippen LogP contribution >= 0.6 is 0 Å². The Morgan fingerprint density at radius 1 is 1.47 bits per heavy atom. The third kappa shape index (κ3) is 3.79. The monoisotopic (exact) mass is 237 g/mol. The molecule has 92 valence electrons. The Morgan fingerprint density at radius 2 is 2.18 bits per heavy atom. The fourth-order valence-electron chi connectivity index (χ4n) is 1.44. The zero-order valence-corrected chi connectivity index (χ0v) is 9.77. The van der Waals surface area contributed by atoms with Gasteiger partial charge in [0, 0.05) is 6.92 Å². The van der Waals surface area contributed by atoms with Gasteiger partial charge in [-0.25, -0.2) is 4.79 Å². The molecule has 0 spiro atoms. The number of ether oxygens (including phenoxy) is 1. The van der Waals surface area contributed by atoms with E-state index in [2.05, 4.69) is 5.32 Å². The molecule has 0 radical (unpaired) electrons. The van der Waals surface area contributed by atoms with Gasteiger partial charge in [-0.2, -0.15) is 0 Å². The predicted octanol–water partition coefficient (Wildman–Crippen LogP) is 1.35. The van der Waals surface area contributed by atoms with Gasteiger partial charge < -0.3 is 15.2 Å². The number of rotatable bonds is 5. The number of carbonyl (C=O) groups is 2. The summed E-state index contributed by atoms with van der Waals surface area (Å²) in [5.74, 6) is -0.908. The lowest BCUT2D eigenvalue weighted by Gasteiger charge is -2.14. The van der Waals surface area contributed by atoms with Crippen molar-refractivity contribution < 1.29 is 19.4 Å². The number of aliphatic carboxylic acids is 1. The quantitative estimate of drug-likeness (QED) is 0.810. The van der Waals surface area contributed by atoms with Gasteiger partial charge >= 0.3 is 5.97 Å². The largest absolute Gasteiger partial charge is 0.494 e. The highest BCUT2D eigenvalue weighted by molar-refractivity contribution is 5.83. The molecule has 0 fully saturated rings. The summed E-state index contributed by atoms with van der Waals surface area (Å²) in [5, 5.41) is 11.4. The molecule has 1 aromatic carbocycles. The highest BCUT2D eigenvalue weighted by Gasteiger charge is 2.20. The molecule has 0 aliphatic carbocycles. The van der Waals surface area contributed by atoms with Crippen molar-refractivity contribution >= 4 is 11.9 Å². The number of hydrogen-bond acceptors (Lipinski definition) is 3. The van der Waals surface area contributed by atoms with Gasteiger partial charge in [0.1, 0.15) is 5.75 Å². The number of nitrogens with one attached hydrogen (secondary N) is 1. The van der Waals surface area contributed by atoms with Gasteiger partial charge in [-0.3, -0.25) is 4.79 Å². The maximum atomic E-state index is 11.0. The van der Waals surface area contributed by atoms with Crippen molar-refractivity contribution in [2.24, 2.45) is 0 Å². The molecule has 2 N–H and O–H groups in total. The molecule has 0 saturated carbocycles. The number of carboxylic acid groups (broad SMARTS) is 1. The first kappa shape index (κ1) is 13.0. The van der Waals surface area contributed by atoms with E-state index in [1.54, 1.807) is 24.3 Å². The lowest BCUT2D eigenvalue weighted by Crippen LogP contribution is -2.31. The first-order valence-electron chi connectivity index (χ1n) is 5.27. The van der Waals surface area contributed by atoms with Crippen LogP contribution in [0.5, 0.6) is 5.75 Å². The third-order valence-electron chi connectivity index (χ3n) is 2.10. The molecular weight excluding hydrogens is 222 g/mol. The SMILES string of the molecule is CCOc1cccc(C(NC(C)=O)C(=O)O)c1. The Kier molecular flexibility index (Phi) is 4.51. The second-order valence-corrected chi connectivity index (χ2v) is 3.48. The topological polar surface area (TPSA) is 75.6 Å². The first-order valence-corrected chi connectivity index (χ1v) is 5.27. The van der Waals surface area contributed by atoms with Crippen LogP contribution in [0, 0.1) is 0 Å². The summed E-state index contributed by atoms with van der Waals surface area (Å²) in [4.78, 5) is 22.0. The van der Waals surface area contributed by atoms with E-state index in [1.807, 2.05) is 6.92 Å². The van der Waals surface area contributed by atoms with Gasteiger partial charge in [-0.05, 0) is 24.6 Å². The smallest absolute Gasteiger partial charge is 0.330 e. The van der Waals surface area contributed by atoms with Gasteiger partial charge in [0.2, 0.25) is 5.91 Å². The number of carboxylic acids is 1. The number of amides is 1. The normalized spacial score (nSPS) is 11.6. The summed E-state index contributed by atoms with van der Waals surface area (Å²) in [6.07, 6.45) is 0. The molecule has 5 nitrogen and oxygen atoms in total. The van der Waals surface area contributed by atoms with Crippen LogP contribution in [0.3, 0.4) is 0 Å². The van der Waals surface area contributed by atoms with Crippen LogP contribution in [0.15, 0.2) is 24.3 Å². The molecule has 0 bridgehead atoms. The Morgan fingerprint density at radius 3 is 2.71 bits per heavy atom. The lowest BCUT2D eigenvalue weighted by molar-refractivity contribution is -0.141. The van der Waals surface area contributed by atoms with Gasteiger partial charge in [0.25, 0.3) is 0 Å². The predicted molar refractivity (Wildman–Crippen MR) is 61.8 cm³/mol. The van der Waals surface area contributed by atoms with E-state index in [9.17, 15) is 9.59 Å². The molecule has 1 rings (SSSR count). The standard InChI is InChI=1S/C12H15NO4/c1-3-17-10-6-4-5-9(7-10)11(12(15)16)13-8(2)14/h4-7,11H,3H2,1-2H3,(H,13,14)(H,15,16). The summed E-state index contributed by atoms with van der Waals surface area (Å²) >= 11 is 0. The van der Waals surface area contributed by atoms with Crippen molar-refractivity contribution in [1.29, 1.82) is 0 Å². The fraction of sp³-hybridized carbons (Fsp3) is 0.333. The van der Waals surface area contributed by atoms with Gasteiger partial charge in [-0.1, -0.05) is 12.1 Å². The molecular formula is C12H15NO4. The Labute approximate surface area is 99.4 Å². The van der Waals surface area contributed by atoms with E-state index in [0.717, 1.165) is 0 Å². The molecule has 1 unspecified atom stereocenters. The Hall–Kier alpha value is -2.04. The minimum Gasteiger partial charge on any atom is -0.494 e. The molecule has 0 aliphatic rings. The van der Waals surface area contributed by atoms with E-state index in [-0.39, 0.29) is 5.91 Å². The van der Waals surface area contributed by atoms with Crippen LogP contribution in [-0.2, 0) is 9.59 Å². The van der Waals surface area contributed by atoms with Gasteiger partial charge in [-0.15, -0.1) is 0 Å². The summed E-state index contributed by atoms with van der Waals surface area (Å²) in [5.41, 5.74) is 0.485. The van der Waals surface area contributed by atoms with Crippen molar-refractivity contribution in [2.75, 3.05) is 6.61 Å². The maximum absolute atomic E-state index is 11.0. The van der Waals surface area contributed by atoms with Gasteiger partial charge in [0.15, 0.2) is 6.04 Å². The van der Waals surface area contributed by atoms with Crippen molar-refractivity contribution in [2.45, 2.75) is 19.9 Å². The summed E-state index contributed by atoms with van der Waals surface area (Å²) in [6, 6.07) is 5.63.